The van der Waals surface area contributed by atoms with E-state index in [0.717, 1.165) is 49.7 Å². The summed E-state index contributed by atoms with van der Waals surface area (Å²) in [6.45, 7) is 7.49. The second kappa shape index (κ2) is 12.8. The number of allylic oxidation sites excluding steroid dienone is 4. The minimum absolute atomic E-state index is 0.00449. The van der Waals surface area contributed by atoms with Crippen molar-refractivity contribution in [3.05, 3.63) is 77.4 Å². The van der Waals surface area contributed by atoms with Gasteiger partial charge >= 0.3 is 0 Å². The Morgan fingerprint density at radius 3 is 2.24 bits per heavy atom. The number of hydrogen-bond donors (Lipinski definition) is 2. The zero-order valence-corrected chi connectivity index (χ0v) is 31.2. The number of nitrogens with zero attached hydrogens (tertiary/aromatic N) is 1. The van der Waals surface area contributed by atoms with Crippen LogP contribution >= 0.6 is 0 Å². The summed E-state index contributed by atoms with van der Waals surface area (Å²) in [7, 11) is 4.80. The molecule has 1 unspecified atom stereocenters. The number of aliphatic hydroxyl groups is 2. The van der Waals surface area contributed by atoms with E-state index in [1.807, 2.05) is 47.4 Å². The number of rotatable bonds is 11. The molecule has 274 valence electrons. The number of fused-ring (bicyclic) bond motifs is 1. The minimum atomic E-state index is -1.13. The number of Topliss-reactive ketones (excluding diaryl/α,β-unsaturated/α-hetero) is 1. The SMILES string of the molecule is CCCN(C[C@]1(O)CC[C@H]2[C@]34C=C[C@@]5(C=C3C(=O)c3ccc(OC)cc3)CC(O)CC[C@]5(C)[C@H]4CC[C@@]21C)C(=O)Cc1ccc(OC)c(OC)c1. The molecule has 0 saturated heterocycles. The smallest absolute Gasteiger partial charge is 0.227 e. The van der Waals surface area contributed by atoms with Crippen LogP contribution in [-0.2, 0) is 11.2 Å². The van der Waals surface area contributed by atoms with Crippen LogP contribution in [0.2, 0.25) is 0 Å². The number of aliphatic hydroxyl groups excluding tert-OH is 1. The maximum Gasteiger partial charge on any atom is 0.227 e. The second-order valence-corrected chi connectivity index (χ2v) is 16.5. The zero-order valence-electron chi connectivity index (χ0n) is 31.2. The van der Waals surface area contributed by atoms with Crippen LogP contribution in [0.5, 0.6) is 17.2 Å². The average Bonchev–Trinajstić information content (AvgIpc) is 3.40. The third kappa shape index (κ3) is 5.21. The van der Waals surface area contributed by atoms with Gasteiger partial charge in [-0.15, -0.1) is 0 Å². The topological polar surface area (TPSA) is 106 Å². The summed E-state index contributed by atoms with van der Waals surface area (Å²) in [5, 5.41) is 24.0. The van der Waals surface area contributed by atoms with Crippen molar-refractivity contribution in [2.45, 2.75) is 90.3 Å². The first-order valence-electron chi connectivity index (χ1n) is 18.9. The molecule has 2 aromatic carbocycles. The molecular weight excluding hydrogens is 642 g/mol. The molecule has 1 amide bonds. The summed E-state index contributed by atoms with van der Waals surface area (Å²) >= 11 is 0. The van der Waals surface area contributed by atoms with Gasteiger partial charge in [-0.05, 0) is 111 Å². The van der Waals surface area contributed by atoms with Crippen LogP contribution in [0.1, 0.15) is 88.1 Å². The fourth-order valence-corrected chi connectivity index (χ4v) is 11.7. The van der Waals surface area contributed by atoms with E-state index in [-0.39, 0.29) is 41.9 Å². The van der Waals surface area contributed by atoms with Gasteiger partial charge in [0.1, 0.15) is 5.75 Å². The van der Waals surface area contributed by atoms with E-state index in [4.69, 9.17) is 14.2 Å². The van der Waals surface area contributed by atoms with E-state index in [1.165, 1.54) is 0 Å². The molecule has 8 rings (SSSR count). The number of ketones is 1. The molecular formula is C43H55NO7. The highest BCUT2D eigenvalue weighted by molar-refractivity contribution is 6.10. The van der Waals surface area contributed by atoms with Crippen LogP contribution in [0.15, 0.2) is 66.3 Å². The first-order chi connectivity index (χ1) is 24.3. The molecule has 0 heterocycles. The van der Waals surface area contributed by atoms with Crippen molar-refractivity contribution in [1.82, 2.24) is 4.90 Å². The number of ether oxygens (including phenoxy) is 3. The van der Waals surface area contributed by atoms with E-state index in [1.54, 1.807) is 21.3 Å². The molecule has 2 bridgehead atoms. The molecule has 2 N–H and O–H groups in total. The Morgan fingerprint density at radius 2 is 1.55 bits per heavy atom. The van der Waals surface area contributed by atoms with E-state index in [0.29, 0.717) is 42.2 Å². The van der Waals surface area contributed by atoms with Gasteiger partial charge in [-0.2, -0.15) is 0 Å². The predicted molar refractivity (Wildman–Crippen MR) is 196 cm³/mol. The largest absolute Gasteiger partial charge is 0.497 e. The summed E-state index contributed by atoms with van der Waals surface area (Å²) in [5.41, 5.74) is -0.462. The maximum atomic E-state index is 14.8. The van der Waals surface area contributed by atoms with E-state index >= 15 is 0 Å². The van der Waals surface area contributed by atoms with Crippen LogP contribution < -0.4 is 14.2 Å². The van der Waals surface area contributed by atoms with Gasteiger partial charge in [0.05, 0.1) is 39.5 Å². The van der Waals surface area contributed by atoms with Crippen LogP contribution in [0.25, 0.3) is 0 Å². The van der Waals surface area contributed by atoms with Gasteiger partial charge in [0.25, 0.3) is 0 Å². The van der Waals surface area contributed by atoms with E-state index in [9.17, 15) is 19.8 Å². The molecule has 0 aliphatic heterocycles. The molecule has 0 radical (unpaired) electrons. The Morgan fingerprint density at radius 1 is 0.863 bits per heavy atom. The van der Waals surface area contributed by atoms with Crippen LogP contribution in [0.3, 0.4) is 0 Å². The molecule has 8 atom stereocenters. The fraction of sp³-hybridized carbons (Fsp3) is 0.581. The maximum absolute atomic E-state index is 14.8. The van der Waals surface area contributed by atoms with Gasteiger partial charge in [0, 0.05) is 40.5 Å². The molecule has 8 heteroatoms. The lowest BCUT2D eigenvalue weighted by Crippen LogP contribution is -2.67. The molecule has 3 fully saturated rings. The summed E-state index contributed by atoms with van der Waals surface area (Å²) < 4.78 is 16.3. The first-order valence-corrected chi connectivity index (χ1v) is 18.9. The Labute approximate surface area is 302 Å². The van der Waals surface area contributed by atoms with Crippen molar-refractivity contribution >= 4 is 11.7 Å². The zero-order chi connectivity index (χ0) is 36.4. The van der Waals surface area contributed by atoms with Gasteiger partial charge in [-0.25, -0.2) is 0 Å². The van der Waals surface area contributed by atoms with Crippen molar-refractivity contribution in [2.24, 2.45) is 33.5 Å². The lowest BCUT2D eigenvalue weighted by Gasteiger charge is -2.71. The lowest BCUT2D eigenvalue weighted by molar-refractivity contribution is -0.178. The van der Waals surface area contributed by atoms with Crippen molar-refractivity contribution < 1.29 is 34.0 Å². The summed E-state index contributed by atoms with van der Waals surface area (Å²) in [6.07, 6.45) is 12.8. The van der Waals surface area contributed by atoms with Crippen molar-refractivity contribution in [2.75, 3.05) is 34.4 Å². The minimum Gasteiger partial charge on any atom is -0.497 e. The fourth-order valence-electron chi connectivity index (χ4n) is 11.7. The van der Waals surface area contributed by atoms with Gasteiger partial charge in [0.15, 0.2) is 17.3 Å². The van der Waals surface area contributed by atoms with Gasteiger partial charge in [-0.3, -0.25) is 9.59 Å². The highest BCUT2D eigenvalue weighted by Crippen LogP contribution is 2.78. The van der Waals surface area contributed by atoms with Gasteiger partial charge < -0.3 is 29.3 Å². The Balaban J connectivity index is 1.25. The van der Waals surface area contributed by atoms with Crippen LogP contribution in [0, 0.1) is 33.5 Å². The standard InChI is InChI=1S/C43H55NO7/c1-7-22-44(37(46)24-28-8-13-33(50-5)34(23-28)51-6)27-42(48)19-16-36-40(42,3)18-15-35-39(2)17-14-30(45)25-41(39)20-21-43(35,36)32(26-41)38(47)29-9-11-31(49-4)12-10-29/h8-13,20-21,23,26,30,35-36,45,48H,7,14-19,22,24-25,27H2,1-6H3/t30?,35-,36-,39-,40+,41+,42-,43-/m1/s1. The predicted octanol–water partition coefficient (Wildman–Crippen LogP) is 6.97. The number of amides is 1. The Kier molecular flexibility index (Phi) is 8.98. The quantitative estimate of drug-likeness (QED) is 0.193. The molecule has 2 aromatic rings. The highest BCUT2D eigenvalue weighted by atomic mass is 16.5. The van der Waals surface area contributed by atoms with Gasteiger partial charge in [0.2, 0.25) is 5.91 Å². The van der Waals surface area contributed by atoms with Crippen molar-refractivity contribution in [3.63, 3.8) is 0 Å². The summed E-state index contributed by atoms with van der Waals surface area (Å²) in [6, 6.07) is 12.9. The van der Waals surface area contributed by atoms with E-state index < -0.39 is 27.9 Å². The second-order valence-electron chi connectivity index (χ2n) is 16.5. The molecule has 0 aromatic heterocycles. The normalized spacial score (nSPS) is 36.0. The van der Waals surface area contributed by atoms with E-state index in [2.05, 4.69) is 39.0 Å². The van der Waals surface area contributed by atoms with Crippen molar-refractivity contribution in [3.8, 4) is 17.2 Å². The van der Waals surface area contributed by atoms with Crippen LogP contribution in [0.4, 0.5) is 0 Å². The monoisotopic (exact) mass is 697 g/mol. The molecule has 6 aliphatic rings. The molecule has 8 nitrogen and oxygen atoms in total. The summed E-state index contributed by atoms with van der Waals surface area (Å²) in [5.74, 6) is 2.09. The number of carbonyl (C=O) groups is 2. The van der Waals surface area contributed by atoms with Crippen molar-refractivity contribution in [1.29, 1.82) is 0 Å². The average molecular weight is 698 g/mol. The number of methoxy groups -OCH3 is 3. The lowest BCUT2D eigenvalue weighted by atomic mass is 9.32. The summed E-state index contributed by atoms with van der Waals surface area (Å²) in [4.78, 5) is 30.7. The Bertz CT molecular complexity index is 1750. The number of carbonyl (C=O) groups excluding carboxylic acids is 2. The number of benzene rings is 2. The highest BCUT2D eigenvalue weighted by Gasteiger charge is 2.74. The molecule has 51 heavy (non-hydrogen) atoms. The Hall–Kier alpha value is -3.62. The van der Waals surface area contributed by atoms with Gasteiger partial charge in [-0.1, -0.05) is 45.1 Å². The molecule has 3 saturated carbocycles. The molecule has 2 spiro atoms. The third-order valence-electron chi connectivity index (χ3n) is 14.4. The third-order valence-corrected chi connectivity index (χ3v) is 14.4. The number of hydrogen-bond acceptors (Lipinski definition) is 7. The van der Waals surface area contributed by atoms with Crippen LogP contribution in [-0.4, -0.2) is 72.9 Å². The molecule has 6 aliphatic carbocycles. The first kappa shape index (κ1) is 35.8.